The lowest BCUT2D eigenvalue weighted by Crippen LogP contribution is -2.60. The van der Waals surface area contributed by atoms with Crippen LogP contribution in [0.15, 0.2) is 22.6 Å². The Kier molecular flexibility index (Phi) is 6.19. The van der Waals surface area contributed by atoms with Crippen LogP contribution >= 0.6 is 23.5 Å². The summed E-state index contributed by atoms with van der Waals surface area (Å²) in [6.45, 7) is 5.35. The van der Waals surface area contributed by atoms with Gasteiger partial charge in [-0.25, -0.2) is 9.59 Å². The Balaban J connectivity index is 1.90. The zero-order chi connectivity index (χ0) is 17.9. The fraction of sp³-hybridized carbons (Fsp3) is 0.500. The number of ether oxygens (including phenoxy) is 1. The molecule has 2 amide bonds. The molecule has 2 rings (SSSR count). The smallest absolute Gasteiger partial charge is 0.407 e. The van der Waals surface area contributed by atoms with Gasteiger partial charge < -0.3 is 20.3 Å². The summed E-state index contributed by atoms with van der Waals surface area (Å²) in [5.74, 6) is -1.71. The Hall–Kier alpha value is -1.65. The molecule has 2 unspecified atom stereocenters. The molecule has 0 aromatic carbocycles. The van der Waals surface area contributed by atoms with E-state index in [1.165, 1.54) is 41.4 Å². The van der Waals surface area contributed by atoms with Gasteiger partial charge in [-0.05, 0) is 6.92 Å². The summed E-state index contributed by atoms with van der Waals surface area (Å²) in [4.78, 5) is 36.0. The monoisotopic (exact) mass is 374 g/mol. The van der Waals surface area contributed by atoms with Crippen molar-refractivity contribution in [3.8, 4) is 0 Å². The molecular formula is C14H18N2O6S2. The maximum absolute atomic E-state index is 12.0. The van der Waals surface area contributed by atoms with Gasteiger partial charge in [0.2, 0.25) is 5.91 Å². The van der Waals surface area contributed by atoms with E-state index in [1.807, 2.05) is 0 Å². The first-order chi connectivity index (χ1) is 11.4. The summed E-state index contributed by atoms with van der Waals surface area (Å²) < 4.78 is 5.26. The van der Waals surface area contributed by atoms with E-state index >= 15 is 0 Å². The Morgan fingerprint density at radius 1 is 1.58 bits per heavy atom. The predicted octanol–water partition coefficient (Wildman–Crippen LogP) is 0.798. The Labute approximate surface area is 147 Å². The minimum Gasteiger partial charge on any atom is -0.477 e. The summed E-state index contributed by atoms with van der Waals surface area (Å²) >= 11 is 2.50. The molecule has 1 saturated heterocycles. The van der Waals surface area contributed by atoms with E-state index in [2.05, 4.69) is 11.9 Å². The van der Waals surface area contributed by atoms with Crippen LogP contribution in [0.4, 0.5) is 4.79 Å². The van der Waals surface area contributed by atoms with Crippen LogP contribution in [0.3, 0.4) is 0 Å². The topological polar surface area (TPSA) is 116 Å². The largest absolute Gasteiger partial charge is 0.477 e. The number of carboxylic acid groups (broad SMARTS) is 1. The van der Waals surface area contributed by atoms with E-state index in [9.17, 15) is 24.6 Å². The minimum absolute atomic E-state index is 0.0499. The van der Waals surface area contributed by atoms with Gasteiger partial charge in [0.25, 0.3) is 0 Å². The zero-order valence-corrected chi connectivity index (χ0v) is 14.6. The number of carbonyl (C=O) groups is 3. The molecular weight excluding hydrogens is 356 g/mol. The van der Waals surface area contributed by atoms with Crippen molar-refractivity contribution >= 4 is 41.5 Å². The maximum Gasteiger partial charge on any atom is 0.407 e. The van der Waals surface area contributed by atoms with Crippen molar-refractivity contribution in [1.29, 1.82) is 0 Å². The van der Waals surface area contributed by atoms with Gasteiger partial charge in [-0.2, -0.15) is 0 Å². The number of aliphatic carboxylic acids is 1. The van der Waals surface area contributed by atoms with Gasteiger partial charge in [0.15, 0.2) is 5.70 Å². The second-order valence-corrected chi connectivity index (χ2v) is 7.58. The van der Waals surface area contributed by atoms with Gasteiger partial charge in [-0.3, -0.25) is 9.69 Å². The number of fused-ring (bicyclic) bond motifs is 1. The highest BCUT2D eigenvalue weighted by Crippen LogP contribution is 2.53. The van der Waals surface area contributed by atoms with Crippen molar-refractivity contribution in [2.75, 3.05) is 18.9 Å². The fourth-order valence-corrected chi connectivity index (χ4v) is 5.19. The van der Waals surface area contributed by atoms with Crippen molar-refractivity contribution in [1.82, 2.24) is 10.2 Å². The van der Waals surface area contributed by atoms with Gasteiger partial charge >= 0.3 is 12.1 Å². The van der Waals surface area contributed by atoms with E-state index in [0.717, 1.165) is 0 Å². The molecule has 0 aromatic rings. The Bertz CT molecular complexity index is 592. The zero-order valence-electron chi connectivity index (χ0n) is 12.9. The minimum atomic E-state index is -1.18. The van der Waals surface area contributed by atoms with Crippen LogP contribution in [0.2, 0.25) is 0 Å². The second kappa shape index (κ2) is 7.95. The number of alkyl carbamates (subject to hydrolysis) is 1. The Morgan fingerprint density at radius 3 is 2.88 bits per heavy atom. The molecule has 2 aliphatic heterocycles. The number of carbonyl (C=O) groups excluding carboxylic acids is 2. The number of aliphatic hydroxyl groups is 1. The van der Waals surface area contributed by atoms with E-state index in [-0.39, 0.29) is 30.1 Å². The summed E-state index contributed by atoms with van der Waals surface area (Å²) in [6.07, 6.45) is 0.0508. The van der Waals surface area contributed by atoms with Crippen molar-refractivity contribution in [2.45, 2.75) is 18.4 Å². The van der Waals surface area contributed by atoms with E-state index in [0.29, 0.717) is 9.99 Å². The second-order valence-electron chi connectivity index (χ2n) is 5.09. The highest BCUT2D eigenvalue weighted by atomic mass is 32.2. The number of carboxylic acids is 1. The average molecular weight is 374 g/mol. The fourth-order valence-electron chi connectivity index (χ4n) is 2.33. The number of aliphatic hydroxyl groups excluding tert-OH is 1. The number of rotatable bonds is 8. The molecule has 0 spiro atoms. The predicted molar refractivity (Wildman–Crippen MR) is 90.1 cm³/mol. The summed E-state index contributed by atoms with van der Waals surface area (Å²) in [7, 11) is 0. The normalized spacial score (nSPS) is 23.4. The van der Waals surface area contributed by atoms with Crippen molar-refractivity contribution in [3.05, 3.63) is 22.6 Å². The number of hydrogen-bond acceptors (Lipinski definition) is 7. The van der Waals surface area contributed by atoms with Crippen molar-refractivity contribution in [3.63, 3.8) is 0 Å². The third-order valence-electron chi connectivity index (χ3n) is 3.41. The number of hydrogen-bond donors (Lipinski definition) is 3. The lowest BCUT2D eigenvalue weighted by Gasteiger charge is -2.43. The van der Waals surface area contributed by atoms with Crippen LogP contribution in [0.1, 0.15) is 6.92 Å². The molecule has 0 saturated carbocycles. The molecule has 132 valence electrons. The lowest BCUT2D eigenvalue weighted by atomic mass is 9.92. The molecule has 8 nitrogen and oxygen atoms in total. The van der Waals surface area contributed by atoms with Gasteiger partial charge in [0.05, 0.1) is 16.3 Å². The van der Waals surface area contributed by atoms with Gasteiger partial charge in [-0.15, -0.1) is 11.8 Å². The van der Waals surface area contributed by atoms with Crippen LogP contribution < -0.4 is 5.32 Å². The van der Waals surface area contributed by atoms with Crippen LogP contribution in [0, 0.1) is 5.92 Å². The van der Waals surface area contributed by atoms with Crippen LogP contribution in [-0.2, 0) is 14.3 Å². The van der Waals surface area contributed by atoms with Crippen LogP contribution in [0.5, 0.6) is 0 Å². The number of amides is 2. The van der Waals surface area contributed by atoms with Gasteiger partial charge in [0, 0.05) is 12.3 Å². The van der Waals surface area contributed by atoms with Crippen molar-refractivity contribution < 1.29 is 29.3 Å². The molecule has 2 aliphatic rings. The standard InChI is InChI=1S/C14H18N2O6S2/c1-3-5-22-14(21)15-4-6-23-13-9(12(19)20)16-10(18)8(7(2)17)11(16)24-13/h3,7-8,11,17H,1,4-6H2,2H3,(H,15,21)(H,19,20)/t7?,8?,11-/m1/s1. The number of nitrogens with zero attached hydrogens (tertiary/aromatic N) is 1. The molecule has 0 bridgehead atoms. The summed E-state index contributed by atoms with van der Waals surface area (Å²) in [5.41, 5.74) is -0.0499. The molecule has 0 radical (unpaired) electrons. The number of thioether (sulfide) groups is 2. The first-order valence-corrected chi connectivity index (χ1v) is 9.04. The van der Waals surface area contributed by atoms with Gasteiger partial charge in [-0.1, -0.05) is 24.4 Å². The molecule has 1 fully saturated rings. The quantitative estimate of drug-likeness (QED) is 0.324. The van der Waals surface area contributed by atoms with Gasteiger partial charge in [0.1, 0.15) is 12.0 Å². The van der Waals surface area contributed by atoms with Crippen LogP contribution in [-0.4, -0.2) is 63.5 Å². The highest BCUT2D eigenvalue weighted by Gasteiger charge is 2.57. The van der Waals surface area contributed by atoms with E-state index in [4.69, 9.17) is 4.74 Å². The SMILES string of the molecule is C=CCOC(=O)NCCSC1=C(C(=O)O)N2C(=O)C(C(C)O)[C@H]2S1. The molecule has 0 aliphatic carbocycles. The van der Waals surface area contributed by atoms with E-state index in [1.54, 1.807) is 0 Å². The molecule has 2 heterocycles. The van der Waals surface area contributed by atoms with Crippen molar-refractivity contribution in [2.24, 2.45) is 5.92 Å². The summed E-state index contributed by atoms with van der Waals surface area (Å²) in [6, 6.07) is 0. The first kappa shape index (κ1) is 18.7. The molecule has 3 N–H and O–H groups in total. The maximum atomic E-state index is 12.0. The van der Waals surface area contributed by atoms with E-state index < -0.39 is 24.1 Å². The first-order valence-electron chi connectivity index (χ1n) is 7.18. The molecule has 24 heavy (non-hydrogen) atoms. The highest BCUT2D eigenvalue weighted by molar-refractivity contribution is 8.22. The Morgan fingerprint density at radius 2 is 2.29 bits per heavy atom. The number of β-lactam (4-membered cyclic amide) rings is 1. The third-order valence-corrected chi connectivity index (χ3v) is 6.06. The van der Waals surface area contributed by atoms with Crippen LogP contribution in [0.25, 0.3) is 0 Å². The number of nitrogens with one attached hydrogen (secondary N) is 1. The molecule has 3 atom stereocenters. The molecule has 10 heteroatoms. The lowest BCUT2D eigenvalue weighted by molar-refractivity contribution is -0.156. The average Bonchev–Trinajstić information content (AvgIpc) is 2.83. The third kappa shape index (κ3) is 3.70. The molecule has 0 aromatic heterocycles. The summed E-state index contributed by atoms with van der Waals surface area (Å²) in [5, 5.41) is 21.1.